The third-order valence-corrected chi connectivity index (χ3v) is 8.28. The number of allylic oxidation sites excluding steroid dienone is 2. The highest BCUT2D eigenvalue weighted by molar-refractivity contribution is 5.76. The van der Waals surface area contributed by atoms with E-state index in [9.17, 15) is 29.7 Å². The van der Waals surface area contributed by atoms with Crippen molar-refractivity contribution in [2.24, 2.45) is 0 Å². The number of rotatable bonds is 26. The van der Waals surface area contributed by atoms with Gasteiger partial charge >= 0.3 is 11.9 Å². The van der Waals surface area contributed by atoms with Crippen LogP contribution in [-0.4, -0.2) is 57.3 Å². The van der Waals surface area contributed by atoms with Crippen molar-refractivity contribution in [3.8, 4) is 0 Å². The molecule has 2 N–H and O–H groups in total. The Balaban J connectivity index is 4.10. The summed E-state index contributed by atoms with van der Waals surface area (Å²) in [5, 5.41) is 30.9. The van der Waals surface area contributed by atoms with Crippen LogP contribution in [0.15, 0.2) is 12.2 Å². The number of nitrogens with zero attached hydrogens (tertiary/aromatic N) is 1. The molecule has 0 aliphatic carbocycles. The summed E-state index contributed by atoms with van der Waals surface area (Å²) < 4.78 is -0.540. The average molecular weight is 540 g/mol. The Bertz CT molecular complexity index is 627. The van der Waals surface area contributed by atoms with Crippen LogP contribution in [-0.2, 0) is 14.4 Å². The van der Waals surface area contributed by atoms with Gasteiger partial charge in [-0.25, -0.2) is 9.59 Å². The van der Waals surface area contributed by atoms with Crippen molar-refractivity contribution in [3.05, 3.63) is 12.2 Å². The summed E-state index contributed by atoms with van der Waals surface area (Å²) in [4.78, 5) is 35.3. The number of hydrogen-bond donors (Lipinski definition) is 2. The van der Waals surface area contributed by atoms with Crippen molar-refractivity contribution in [3.63, 3.8) is 0 Å². The average Bonchev–Trinajstić information content (AvgIpc) is 2.88. The quantitative estimate of drug-likeness (QED) is 0.0738. The van der Waals surface area contributed by atoms with E-state index in [0.717, 1.165) is 25.7 Å². The molecule has 3 unspecified atom stereocenters. The second kappa shape index (κ2) is 22.0. The molecule has 222 valence electrons. The lowest BCUT2D eigenvalue weighted by molar-refractivity contribution is -0.969. The number of unbranched alkanes of at least 4 members (excludes halogenated alkanes) is 16. The number of carbonyl (C=O) groups excluding carboxylic acids is 1. The van der Waals surface area contributed by atoms with Crippen molar-refractivity contribution in [1.82, 2.24) is 0 Å². The minimum absolute atomic E-state index is 0.184. The van der Waals surface area contributed by atoms with Gasteiger partial charge in [-0.3, -0.25) is 4.48 Å². The standard InChI is InChI=1S/C31H57NO6/c1-5-6-7-8-9-10-11-12-13-14-15-16-17-18-19-20-21-22-23-24-25-32(26(2)29(33)34,27(3)30(35)36)28(4)31(37)38/h12-13,26-28H,5-11,14-25H2,1-4H3,(H2-,33,34,35,36,37,38)/b13-12+. The minimum Gasteiger partial charge on any atom is -0.544 e. The van der Waals surface area contributed by atoms with Crippen molar-refractivity contribution in [2.75, 3.05) is 6.54 Å². The Kier molecular flexibility index (Phi) is 20.9. The normalized spacial score (nSPS) is 15.7. The molecule has 3 atom stereocenters. The first-order chi connectivity index (χ1) is 18.1. The molecule has 0 radical (unpaired) electrons. The Morgan fingerprint density at radius 3 is 1.29 bits per heavy atom. The maximum atomic E-state index is 11.8. The second-order valence-electron chi connectivity index (χ2n) is 11.1. The molecular weight excluding hydrogens is 482 g/mol. The van der Waals surface area contributed by atoms with Crippen LogP contribution in [0.1, 0.15) is 143 Å². The fourth-order valence-corrected chi connectivity index (χ4v) is 5.53. The number of quaternary nitrogens is 1. The molecule has 0 aromatic carbocycles. The lowest BCUT2D eigenvalue weighted by Gasteiger charge is -2.49. The van der Waals surface area contributed by atoms with E-state index in [1.54, 1.807) is 0 Å². The van der Waals surface area contributed by atoms with Crippen molar-refractivity contribution in [1.29, 1.82) is 0 Å². The zero-order valence-electron chi connectivity index (χ0n) is 24.8. The summed E-state index contributed by atoms with van der Waals surface area (Å²) in [5.41, 5.74) is 0. The van der Waals surface area contributed by atoms with E-state index in [4.69, 9.17) is 0 Å². The molecule has 0 amide bonds. The molecule has 0 aliphatic heterocycles. The largest absolute Gasteiger partial charge is 0.544 e. The van der Waals surface area contributed by atoms with Gasteiger partial charge in [-0.2, -0.15) is 0 Å². The lowest BCUT2D eigenvalue weighted by Crippen LogP contribution is -2.72. The van der Waals surface area contributed by atoms with Crippen LogP contribution < -0.4 is 5.11 Å². The molecule has 7 nitrogen and oxygen atoms in total. The van der Waals surface area contributed by atoms with Gasteiger partial charge in [-0.15, -0.1) is 0 Å². The fraction of sp³-hybridized carbons (Fsp3) is 0.839. The molecule has 0 bridgehead atoms. The van der Waals surface area contributed by atoms with Gasteiger partial charge in [0.05, 0.1) is 12.5 Å². The Labute approximate surface area is 232 Å². The van der Waals surface area contributed by atoms with Crippen LogP contribution in [0.4, 0.5) is 0 Å². The van der Waals surface area contributed by atoms with E-state index in [1.165, 1.54) is 104 Å². The van der Waals surface area contributed by atoms with Gasteiger partial charge in [-0.1, -0.05) is 96.1 Å². The van der Waals surface area contributed by atoms with Crippen molar-refractivity contribution < 1.29 is 34.2 Å². The monoisotopic (exact) mass is 539 g/mol. The zero-order valence-corrected chi connectivity index (χ0v) is 24.8. The fourth-order valence-electron chi connectivity index (χ4n) is 5.53. The predicted molar refractivity (Wildman–Crippen MR) is 152 cm³/mol. The second-order valence-corrected chi connectivity index (χ2v) is 11.1. The van der Waals surface area contributed by atoms with Gasteiger partial charge in [0.2, 0.25) is 0 Å². The highest BCUT2D eigenvalue weighted by Crippen LogP contribution is 2.27. The van der Waals surface area contributed by atoms with E-state index in [2.05, 4.69) is 19.1 Å². The SMILES string of the molecule is CCCCCCCC/C=C/CCCCCCCCCCCC[N+](C(C)C(=O)[O-])(C(C)C(=O)O)C(C)C(=O)O. The number of carboxylic acid groups (broad SMARTS) is 3. The molecule has 0 spiro atoms. The van der Waals surface area contributed by atoms with Crippen LogP contribution in [0.5, 0.6) is 0 Å². The molecule has 0 saturated heterocycles. The highest BCUT2D eigenvalue weighted by Gasteiger charge is 2.50. The molecule has 7 heteroatoms. The third-order valence-electron chi connectivity index (χ3n) is 8.28. The van der Waals surface area contributed by atoms with Gasteiger partial charge in [0.15, 0.2) is 12.1 Å². The first kappa shape index (κ1) is 36.1. The maximum absolute atomic E-state index is 11.8. The third kappa shape index (κ3) is 14.3. The van der Waals surface area contributed by atoms with Gasteiger partial charge in [0.1, 0.15) is 6.04 Å². The molecule has 0 aromatic heterocycles. The smallest absolute Gasteiger partial charge is 0.362 e. The number of hydrogen-bond acceptors (Lipinski definition) is 4. The van der Waals surface area contributed by atoms with E-state index < -0.39 is 40.5 Å². The topological polar surface area (TPSA) is 115 Å². The molecule has 0 aliphatic rings. The van der Waals surface area contributed by atoms with E-state index in [-0.39, 0.29) is 6.54 Å². The molecule has 0 saturated carbocycles. The Morgan fingerprint density at radius 1 is 0.605 bits per heavy atom. The summed E-state index contributed by atoms with van der Waals surface area (Å²) in [6.45, 7) is 6.59. The van der Waals surface area contributed by atoms with Crippen LogP contribution >= 0.6 is 0 Å². The van der Waals surface area contributed by atoms with Crippen LogP contribution in [0.2, 0.25) is 0 Å². The van der Waals surface area contributed by atoms with E-state index in [1.807, 2.05) is 0 Å². The summed E-state index contributed by atoms with van der Waals surface area (Å²) in [7, 11) is 0. The molecule has 0 aromatic rings. The van der Waals surface area contributed by atoms with Crippen molar-refractivity contribution in [2.45, 2.75) is 161 Å². The molecule has 38 heavy (non-hydrogen) atoms. The summed E-state index contributed by atoms with van der Waals surface area (Å²) in [5.74, 6) is -3.82. The lowest BCUT2D eigenvalue weighted by atomic mass is 10.00. The maximum Gasteiger partial charge on any atom is 0.362 e. The molecule has 0 fully saturated rings. The van der Waals surface area contributed by atoms with Crippen molar-refractivity contribution >= 4 is 17.9 Å². The number of aliphatic carboxylic acids is 3. The van der Waals surface area contributed by atoms with Crippen LogP contribution in [0.25, 0.3) is 0 Å². The first-order valence-electron chi connectivity index (χ1n) is 15.3. The van der Waals surface area contributed by atoms with Gasteiger partial charge in [0, 0.05) is 0 Å². The predicted octanol–water partition coefficient (Wildman–Crippen LogP) is 6.49. The van der Waals surface area contributed by atoms with E-state index in [0.29, 0.717) is 6.42 Å². The summed E-state index contributed by atoms with van der Waals surface area (Å²) in [6.07, 6.45) is 26.1. The van der Waals surface area contributed by atoms with Gasteiger partial charge in [-0.05, 0) is 59.3 Å². The molecular formula is C31H57NO6. The molecule has 0 rings (SSSR count). The van der Waals surface area contributed by atoms with Crippen LogP contribution in [0.3, 0.4) is 0 Å². The number of carboxylic acids is 3. The van der Waals surface area contributed by atoms with Crippen LogP contribution in [0, 0.1) is 0 Å². The summed E-state index contributed by atoms with van der Waals surface area (Å²) >= 11 is 0. The Hall–Kier alpha value is -1.89. The minimum atomic E-state index is -1.42. The van der Waals surface area contributed by atoms with Gasteiger partial charge < -0.3 is 20.1 Å². The first-order valence-corrected chi connectivity index (χ1v) is 15.3. The Morgan fingerprint density at radius 2 is 0.947 bits per heavy atom. The van der Waals surface area contributed by atoms with E-state index >= 15 is 0 Å². The summed E-state index contributed by atoms with van der Waals surface area (Å²) in [6, 6.07) is -3.56. The molecule has 0 heterocycles. The van der Waals surface area contributed by atoms with Gasteiger partial charge in [0.25, 0.3) is 0 Å². The highest BCUT2D eigenvalue weighted by atomic mass is 16.4. The number of carbonyl (C=O) groups is 3. The zero-order chi connectivity index (χ0) is 28.8.